The van der Waals surface area contributed by atoms with Gasteiger partial charge in [0.1, 0.15) is 5.41 Å². The zero-order valence-corrected chi connectivity index (χ0v) is 10.8. The number of nitrogens with one attached hydrogen (secondary N) is 1. The fraction of sp³-hybridized carbons (Fsp3) is 0.200. The lowest BCUT2D eigenvalue weighted by Gasteiger charge is -2.27. The summed E-state index contributed by atoms with van der Waals surface area (Å²) < 4.78 is 0. The number of carbonyl (C=O) groups excluding carboxylic acids is 2. The number of benzene rings is 1. The van der Waals surface area contributed by atoms with Crippen molar-refractivity contribution >= 4 is 17.5 Å². The van der Waals surface area contributed by atoms with Crippen LogP contribution in [0.25, 0.3) is 0 Å². The number of primary amides is 1. The average molecular weight is 258 g/mol. The summed E-state index contributed by atoms with van der Waals surface area (Å²) in [5.74, 6) is -1.12. The van der Waals surface area contributed by atoms with Crippen molar-refractivity contribution in [2.75, 3.05) is 5.32 Å². The smallest absolute Gasteiger partial charge is 0.240 e. The highest BCUT2D eigenvalue weighted by Crippen LogP contribution is 2.29. The molecule has 1 aromatic rings. The number of nitrogens with two attached hydrogens (primary N) is 1. The minimum Gasteiger partial charge on any atom is -0.369 e. The Morgan fingerprint density at radius 1 is 1.16 bits per heavy atom. The molecule has 1 aromatic carbocycles. The van der Waals surface area contributed by atoms with Crippen molar-refractivity contribution in [1.29, 1.82) is 0 Å². The predicted octanol–water partition coefficient (Wildman–Crippen LogP) is 2.25. The van der Waals surface area contributed by atoms with Gasteiger partial charge < -0.3 is 11.1 Å². The average Bonchev–Trinajstić information content (AvgIpc) is 2.39. The van der Waals surface area contributed by atoms with Crippen molar-refractivity contribution < 1.29 is 9.59 Å². The number of carbonyl (C=O) groups is 2. The molecule has 2 amide bonds. The Morgan fingerprint density at radius 3 is 2.11 bits per heavy atom. The van der Waals surface area contributed by atoms with Gasteiger partial charge in [-0.25, -0.2) is 0 Å². The molecule has 1 rings (SSSR count). The van der Waals surface area contributed by atoms with Crippen LogP contribution in [0.1, 0.15) is 12.8 Å². The quantitative estimate of drug-likeness (QED) is 0.581. The Kier molecular flexibility index (Phi) is 5.06. The molecule has 0 atom stereocenters. The molecule has 0 unspecified atom stereocenters. The lowest BCUT2D eigenvalue weighted by atomic mass is 9.79. The number of amides is 2. The van der Waals surface area contributed by atoms with Crippen LogP contribution in [0.15, 0.2) is 55.6 Å². The topological polar surface area (TPSA) is 72.2 Å². The summed E-state index contributed by atoms with van der Waals surface area (Å²) in [6.45, 7) is 7.16. The number of rotatable bonds is 7. The third kappa shape index (κ3) is 3.31. The summed E-state index contributed by atoms with van der Waals surface area (Å²) in [6.07, 6.45) is 3.37. The summed E-state index contributed by atoms with van der Waals surface area (Å²) in [4.78, 5) is 24.0. The van der Waals surface area contributed by atoms with Gasteiger partial charge in [-0.2, -0.15) is 0 Å². The van der Waals surface area contributed by atoms with Crippen LogP contribution in [0.5, 0.6) is 0 Å². The zero-order chi connectivity index (χ0) is 14.3. The zero-order valence-electron chi connectivity index (χ0n) is 10.8. The highest BCUT2D eigenvalue weighted by atomic mass is 16.2. The summed E-state index contributed by atoms with van der Waals surface area (Å²) in [7, 11) is 0. The van der Waals surface area contributed by atoms with E-state index >= 15 is 0 Å². The van der Waals surface area contributed by atoms with E-state index in [1.165, 1.54) is 12.2 Å². The molecule has 100 valence electrons. The van der Waals surface area contributed by atoms with Crippen molar-refractivity contribution in [3.63, 3.8) is 0 Å². The highest BCUT2D eigenvalue weighted by Gasteiger charge is 2.42. The summed E-state index contributed by atoms with van der Waals surface area (Å²) >= 11 is 0. The SMILES string of the molecule is C=CCC(CC=C)(C(N)=O)C(=O)Nc1ccccc1. The Bertz CT molecular complexity index is 470. The van der Waals surface area contributed by atoms with Gasteiger partial charge in [-0.3, -0.25) is 9.59 Å². The minimum absolute atomic E-state index is 0.174. The van der Waals surface area contributed by atoms with Crippen molar-refractivity contribution in [3.8, 4) is 0 Å². The van der Waals surface area contributed by atoms with Gasteiger partial charge in [0.05, 0.1) is 0 Å². The Hall–Kier alpha value is -2.36. The van der Waals surface area contributed by atoms with Gasteiger partial charge in [0, 0.05) is 5.69 Å². The Labute approximate surface area is 113 Å². The molecule has 3 N–H and O–H groups in total. The number of hydrogen-bond acceptors (Lipinski definition) is 2. The largest absolute Gasteiger partial charge is 0.369 e. The van der Waals surface area contributed by atoms with Crippen molar-refractivity contribution in [1.82, 2.24) is 0 Å². The fourth-order valence-electron chi connectivity index (χ4n) is 1.85. The highest BCUT2D eigenvalue weighted by molar-refractivity contribution is 6.10. The summed E-state index contributed by atoms with van der Waals surface area (Å²) in [6, 6.07) is 8.91. The molecule has 0 spiro atoms. The fourth-order valence-corrected chi connectivity index (χ4v) is 1.85. The van der Waals surface area contributed by atoms with Crippen LogP contribution in [0, 0.1) is 5.41 Å². The van der Waals surface area contributed by atoms with E-state index in [9.17, 15) is 9.59 Å². The third-order valence-corrected chi connectivity index (χ3v) is 2.92. The minimum atomic E-state index is -1.33. The van der Waals surface area contributed by atoms with E-state index in [4.69, 9.17) is 5.73 Å². The second-order valence-electron chi connectivity index (χ2n) is 4.25. The van der Waals surface area contributed by atoms with Gasteiger partial charge in [0.15, 0.2) is 0 Å². The maximum absolute atomic E-state index is 12.3. The number of anilines is 1. The predicted molar refractivity (Wildman–Crippen MR) is 76.3 cm³/mol. The maximum atomic E-state index is 12.3. The number of para-hydroxylation sites is 1. The molecule has 4 heteroatoms. The second-order valence-corrected chi connectivity index (χ2v) is 4.25. The molecule has 0 aromatic heterocycles. The number of allylic oxidation sites excluding steroid dienone is 2. The molecular formula is C15H18N2O2. The van der Waals surface area contributed by atoms with Crippen LogP contribution < -0.4 is 11.1 Å². The molecule has 0 radical (unpaired) electrons. The first-order valence-corrected chi connectivity index (χ1v) is 5.95. The van der Waals surface area contributed by atoms with E-state index in [2.05, 4.69) is 18.5 Å². The van der Waals surface area contributed by atoms with Crippen LogP contribution in [-0.2, 0) is 9.59 Å². The molecule has 0 bridgehead atoms. The molecule has 0 fully saturated rings. The molecule has 4 nitrogen and oxygen atoms in total. The van der Waals surface area contributed by atoms with Gasteiger partial charge in [-0.1, -0.05) is 30.4 Å². The summed E-state index contributed by atoms with van der Waals surface area (Å²) in [5.41, 5.74) is 4.69. The van der Waals surface area contributed by atoms with Gasteiger partial charge >= 0.3 is 0 Å². The van der Waals surface area contributed by atoms with Crippen molar-refractivity contribution in [3.05, 3.63) is 55.6 Å². The van der Waals surface area contributed by atoms with Crippen molar-refractivity contribution in [2.24, 2.45) is 11.1 Å². The van der Waals surface area contributed by atoms with Gasteiger partial charge in [-0.15, -0.1) is 13.2 Å². The second kappa shape index (κ2) is 6.54. The van der Waals surface area contributed by atoms with Crippen LogP contribution in [0.4, 0.5) is 5.69 Å². The Morgan fingerprint density at radius 2 is 1.68 bits per heavy atom. The Balaban J connectivity index is 3.03. The van der Waals surface area contributed by atoms with Crippen LogP contribution in [0.2, 0.25) is 0 Å². The van der Waals surface area contributed by atoms with Gasteiger partial charge in [-0.05, 0) is 25.0 Å². The van der Waals surface area contributed by atoms with Crippen LogP contribution in [-0.4, -0.2) is 11.8 Å². The lowest BCUT2D eigenvalue weighted by Crippen LogP contribution is -2.46. The van der Waals surface area contributed by atoms with Crippen LogP contribution >= 0.6 is 0 Å². The first kappa shape index (κ1) is 14.7. The van der Waals surface area contributed by atoms with E-state index in [1.54, 1.807) is 24.3 Å². The summed E-state index contributed by atoms with van der Waals surface area (Å²) in [5, 5.41) is 2.70. The molecule has 19 heavy (non-hydrogen) atoms. The molecular weight excluding hydrogens is 240 g/mol. The molecule has 0 saturated carbocycles. The molecule has 0 saturated heterocycles. The first-order valence-electron chi connectivity index (χ1n) is 5.95. The molecule has 0 aliphatic heterocycles. The van der Waals surface area contributed by atoms with E-state index < -0.39 is 17.2 Å². The monoisotopic (exact) mass is 258 g/mol. The standard InChI is InChI=1S/C15H18N2O2/c1-3-10-15(11-4-2,13(16)18)14(19)17-12-8-6-5-7-9-12/h3-9H,1-2,10-11H2,(H2,16,18)(H,17,19). The normalized spacial score (nSPS) is 10.5. The molecule has 0 heterocycles. The van der Waals surface area contributed by atoms with Gasteiger partial charge in [0.25, 0.3) is 0 Å². The maximum Gasteiger partial charge on any atom is 0.240 e. The van der Waals surface area contributed by atoms with E-state index in [0.29, 0.717) is 5.69 Å². The van der Waals surface area contributed by atoms with E-state index in [-0.39, 0.29) is 12.8 Å². The first-order chi connectivity index (χ1) is 9.06. The van der Waals surface area contributed by atoms with E-state index in [1.807, 2.05) is 6.07 Å². The van der Waals surface area contributed by atoms with Crippen molar-refractivity contribution in [2.45, 2.75) is 12.8 Å². The number of hydrogen-bond donors (Lipinski definition) is 2. The molecule has 0 aliphatic carbocycles. The third-order valence-electron chi connectivity index (χ3n) is 2.92. The lowest BCUT2D eigenvalue weighted by molar-refractivity contribution is -0.138. The van der Waals surface area contributed by atoms with Crippen LogP contribution in [0.3, 0.4) is 0 Å². The molecule has 0 aliphatic rings. The van der Waals surface area contributed by atoms with E-state index in [0.717, 1.165) is 0 Å². The van der Waals surface area contributed by atoms with Gasteiger partial charge in [0.2, 0.25) is 11.8 Å².